The second-order valence-electron chi connectivity index (χ2n) is 7.24. The molecule has 0 spiro atoms. The van der Waals surface area contributed by atoms with Crippen molar-refractivity contribution in [2.24, 2.45) is 0 Å². The molecule has 1 fully saturated rings. The van der Waals surface area contributed by atoms with Crippen LogP contribution in [0.15, 0.2) is 65.6 Å². The van der Waals surface area contributed by atoms with Crippen molar-refractivity contribution in [2.75, 3.05) is 6.54 Å². The van der Waals surface area contributed by atoms with Crippen LogP contribution in [0.4, 0.5) is 0 Å². The Kier molecular flexibility index (Phi) is 4.80. The molecule has 0 saturated heterocycles. The molecule has 0 radical (unpaired) electrons. The van der Waals surface area contributed by atoms with Crippen molar-refractivity contribution in [2.45, 2.75) is 25.3 Å². The van der Waals surface area contributed by atoms with E-state index in [2.05, 4.69) is 31.6 Å². The molecule has 1 N–H and O–H groups in total. The lowest BCUT2D eigenvalue weighted by atomic mass is 10.1. The van der Waals surface area contributed by atoms with E-state index in [1.54, 1.807) is 24.7 Å². The molecule has 150 valence electrons. The molecule has 1 aromatic carbocycles. The fraction of sp³-hybridized carbons (Fsp3) is 0.227. The molecule has 0 aliphatic heterocycles. The van der Waals surface area contributed by atoms with Crippen LogP contribution in [0.2, 0.25) is 0 Å². The summed E-state index contributed by atoms with van der Waals surface area (Å²) in [5.74, 6) is 0.829. The van der Waals surface area contributed by atoms with Gasteiger partial charge in [0.15, 0.2) is 11.5 Å². The zero-order valence-corrected chi connectivity index (χ0v) is 16.2. The fourth-order valence-corrected chi connectivity index (χ4v) is 3.36. The minimum absolute atomic E-state index is 0.261. The van der Waals surface area contributed by atoms with Gasteiger partial charge in [-0.25, -0.2) is 0 Å². The largest absolute Gasteiger partial charge is 0.355 e. The van der Waals surface area contributed by atoms with Crippen molar-refractivity contribution in [3.05, 3.63) is 72.4 Å². The molecule has 3 aromatic heterocycles. The Labute approximate surface area is 173 Å². The Bertz CT molecular complexity index is 1150. The van der Waals surface area contributed by atoms with Crippen LogP contribution < -0.4 is 5.32 Å². The van der Waals surface area contributed by atoms with Gasteiger partial charge in [-0.15, -0.1) is 0 Å². The van der Waals surface area contributed by atoms with Crippen molar-refractivity contribution in [1.29, 1.82) is 0 Å². The topological polar surface area (TPSA) is 98.7 Å². The van der Waals surface area contributed by atoms with Gasteiger partial charge in [-0.3, -0.25) is 19.4 Å². The Morgan fingerprint density at radius 3 is 2.77 bits per heavy atom. The van der Waals surface area contributed by atoms with Crippen LogP contribution in [0.1, 0.15) is 34.9 Å². The van der Waals surface area contributed by atoms with Gasteiger partial charge in [0.1, 0.15) is 11.4 Å². The first-order valence-corrected chi connectivity index (χ1v) is 9.92. The normalized spacial score (nSPS) is 13.3. The van der Waals surface area contributed by atoms with E-state index in [1.807, 2.05) is 35.0 Å². The van der Waals surface area contributed by atoms with Crippen LogP contribution in [0.3, 0.4) is 0 Å². The van der Waals surface area contributed by atoms with Gasteiger partial charge in [0.05, 0.1) is 12.7 Å². The number of hydrogen-bond donors (Lipinski definition) is 1. The Balaban J connectivity index is 1.24. The lowest BCUT2D eigenvalue weighted by Gasteiger charge is -2.07. The van der Waals surface area contributed by atoms with E-state index >= 15 is 0 Å². The molecule has 1 aliphatic carbocycles. The molecule has 8 heteroatoms. The van der Waals surface area contributed by atoms with E-state index in [1.165, 1.54) is 18.5 Å². The third-order valence-corrected chi connectivity index (χ3v) is 5.04. The number of benzene rings is 1. The predicted molar refractivity (Wildman–Crippen MR) is 110 cm³/mol. The van der Waals surface area contributed by atoms with Gasteiger partial charge >= 0.3 is 0 Å². The molecule has 1 amide bonds. The summed E-state index contributed by atoms with van der Waals surface area (Å²) in [6.45, 7) is 1.01. The number of carbonyl (C=O) groups is 1. The average Bonchev–Trinajstić information content (AvgIpc) is 3.35. The number of rotatable bonds is 7. The average molecular weight is 400 g/mol. The van der Waals surface area contributed by atoms with Crippen LogP contribution >= 0.6 is 0 Å². The quantitative estimate of drug-likeness (QED) is 0.511. The maximum atomic E-state index is 12.5. The number of nitrogens with zero attached hydrogens (tertiary/aromatic N) is 5. The van der Waals surface area contributed by atoms with Crippen LogP contribution in [0.25, 0.3) is 22.7 Å². The SMILES string of the molecule is O=C(NCCn1nc(-c2cnccn2)cc1C1CC1)c1cc(-c2ccccc2)on1. The van der Waals surface area contributed by atoms with E-state index in [-0.39, 0.29) is 11.6 Å². The smallest absolute Gasteiger partial charge is 0.273 e. The lowest BCUT2D eigenvalue weighted by Crippen LogP contribution is -2.28. The van der Waals surface area contributed by atoms with Crippen LogP contribution in [-0.2, 0) is 6.54 Å². The van der Waals surface area contributed by atoms with Crippen LogP contribution in [0, 0.1) is 0 Å². The number of carbonyl (C=O) groups excluding carboxylic acids is 1. The molecule has 0 atom stereocenters. The van der Waals surface area contributed by atoms with Gasteiger partial charge in [0.25, 0.3) is 5.91 Å². The summed E-state index contributed by atoms with van der Waals surface area (Å²) in [6, 6.07) is 13.3. The van der Waals surface area contributed by atoms with Gasteiger partial charge in [-0.1, -0.05) is 35.5 Å². The Morgan fingerprint density at radius 2 is 2.00 bits per heavy atom. The molecule has 30 heavy (non-hydrogen) atoms. The van der Waals surface area contributed by atoms with E-state index in [4.69, 9.17) is 4.52 Å². The summed E-state index contributed by atoms with van der Waals surface area (Å²) in [4.78, 5) is 20.9. The van der Waals surface area contributed by atoms with E-state index in [0.29, 0.717) is 24.8 Å². The molecule has 4 aromatic rings. The number of amides is 1. The molecule has 0 unspecified atom stereocenters. The Morgan fingerprint density at radius 1 is 1.13 bits per heavy atom. The van der Waals surface area contributed by atoms with Crippen LogP contribution in [-0.4, -0.2) is 37.4 Å². The monoisotopic (exact) mass is 400 g/mol. The first kappa shape index (κ1) is 18.2. The van der Waals surface area contributed by atoms with Crippen molar-refractivity contribution >= 4 is 5.91 Å². The number of hydrogen-bond acceptors (Lipinski definition) is 6. The summed E-state index contributed by atoms with van der Waals surface area (Å²) in [6.07, 6.45) is 7.34. The van der Waals surface area contributed by atoms with Crippen molar-refractivity contribution in [3.63, 3.8) is 0 Å². The van der Waals surface area contributed by atoms with Crippen molar-refractivity contribution < 1.29 is 9.32 Å². The molecule has 0 bridgehead atoms. The highest BCUT2D eigenvalue weighted by Gasteiger charge is 2.28. The first-order chi connectivity index (χ1) is 14.8. The lowest BCUT2D eigenvalue weighted by molar-refractivity contribution is 0.0943. The van der Waals surface area contributed by atoms with Crippen molar-refractivity contribution in [3.8, 4) is 22.7 Å². The summed E-state index contributed by atoms with van der Waals surface area (Å²) in [5.41, 5.74) is 3.87. The molecule has 5 rings (SSSR count). The van der Waals surface area contributed by atoms with Gasteiger partial charge in [0, 0.05) is 42.2 Å². The maximum Gasteiger partial charge on any atom is 0.273 e. The molecular formula is C22H20N6O2. The summed E-state index contributed by atoms with van der Waals surface area (Å²) in [7, 11) is 0. The van der Waals surface area contributed by atoms with Gasteiger partial charge in [0.2, 0.25) is 0 Å². The summed E-state index contributed by atoms with van der Waals surface area (Å²) < 4.78 is 7.26. The predicted octanol–water partition coefficient (Wildman–Crippen LogP) is 3.30. The first-order valence-electron chi connectivity index (χ1n) is 9.92. The second kappa shape index (κ2) is 7.90. The molecule has 1 aliphatic rings. The maximum absolute atomic E-state index is 12.5. The number of aromatic nitrogens is 5. The Hall–Kier alpha value is -3.81. The highest BCUT2D eigenvalue weighted by molar-refractivity contribution is 5.93. The number of nitrogens with one attached hydrogen (secondary N) is 1. The van der Waals surface area contributed by atoms with Crippen molar-refractivity contribution in [1.82, 2.24) is 30.2 Å². The standard InChI is InChI=1S/C22H20N6O2/c29-22(18-13-21(30-27-18)16-4-2-1-3-5-16)25-10-11-28-20(15-6-7-15)12-17(26-28)19-14-23-8-9-24-19/h1-5,8-9,12-15H,6-7,10-11H2,(H,25,29). The zero-order chi connectivity index (χ0) is 20.3. The second-order valence-corrected chi connectivity index (χ2v) is 7.24. The van der Waals surface area contributed by atoms with Gasteiger partial charge in [-0.2, -0.15) is 5.10 Å². The highest BCUT2D eigenvalue weighted by atomic mass is 16.5. The molecular weight excluding hydrogens is 380 g/mol. The summed E-state index contributed by atoms with van der Waals surface area (Å²) in [5, 5.41) is 11.5. The van der Waals surface area contributed by atoms with Gasteiger partial charge < -0.3 is 9.84 Å². The van der Waals surface area contributed by atoms with E-state index in [0.717, 1.165) is 17.0 Å². The van der Waals surface area contributed by atoms with Gasteiger partial charge in [-0.05, 0) is 18.9 Å². The zero-order valence-electron chi connectivity index (χ0n) is 16.2. The third kappa shape index (κ3) is 3.84. The van der Waals surface area contributed by atoms with E-state index in [9.17, 15) is 4.79 Å². The minimum Gasteiger partial charge on any atom is -0.355 e. The summed E-state index contributed by atoms with van der Waals surface area (Å²) >= 11 is 0. The highest BCUT2D eigenvalue weighted by Crippen LogP contribution is 2.41. The molecule has 3 heterocycles. The molecule has 8 nitrogen and oxygen atoms in total. The van der Waals surface area contributed by atoms with E-state index < -0.39 is 0 Å². The molecule has 1 saturated carbocycles. The minimum atomic E-state index is -0.268. The fourth-order valence-electron chi connectivity index (χ4n) is 3.36. The third-order valence-electron chi connectivity index (χ3n) is 5.04. The van der Waals surface area contributed by atoms with Crippen LogP contribution in [0.5, 0.6) is 0 Å².